The molecule has 12 nitrogen and oxygen atoms in total. The Morgan fingerprint density at radius 1 is 1.17 bits per heavy atom. The van der Waals surface area contributed by atoms with Crippen LogP contribution in [0.1, 0.15) is 70.0 Å². The molecule has 2 heterocycles. The molecule has 1 aliphatic heterocycles. The Kier molecular flexibility index (Phi) is 11.5. The molecule has 0 saturated heterocycles. The second-order valence-electron chi connectivity index (χ2n) is 12.1. The molecule has 0 radical (unpaired) electrons. The van der Waals surface area contributed by atoms with Crippen LogP contribution in [0.2, 0.25) is 5.02 Å². The number of benzene rings is 1. The molecule has 1 aromatic heterocycles. The van der Waals surface area contributed by atoms with E-state index >= 15 is 0 Å². The van der Waals surface area contributed by atoms with E-state index in [-0.39, 0.29) is 28.6 Å². The first-order chi connectivity index (χ1) is 22.1. The maximum absolute atomic E-state index is 14.3. The molecule has 0 spiro atoms. The van der Waals surface area contributed by atoms with E-state index in [4.69, 9.17) is 30.8 Å². The van der Waals surface area contributed by atoms with Gasteiger partial charge in [-0.3, -0.25) is 4.79 Å². The molecule has 1 aromatic carbocycles. The van der Waals surface area contributed by atoms with Gasteiger partial charge in [-0.1, -0.05) is 17.7 Å². The van der Waals surface area contributed by atoms with Crippen LogP contribution in [0.5, 0.6) is 0 Å². The zero-order valence-electron chi connectivity index (χ0n) is 27.0. The molecular formula is C31H38ClFN4O8S2. The van der Waals surface area contributed by atoms with Gasteiger partial charge in [0.2, 0.25) is 10.0 Å². The number of methoxy groups -OCH3 is 1. The Bertz CT molecular complexity index is 1670. The number of aliphatic imine (C=N–C) groups is 1. The van der Waals surface area contributed by atoms with Crippen molar-refractivity contribution < 1.29 is 41.4 Å². The largest absolute Gasteiger partial charge is 0.466 e. The second kappa shape index (κ2) is 14.8. The highest BCUT2D eigenvalue weighted by Crippen LogP contribution is 2.45. The number of hydrogen-bond acceptors (Lipinski definition) is 11. The molecule has 1 unspecified atom stereocenters. The summed E-state index contributed by atoms with van der Waals surface area (Å²) in [7, 11) is -2.56. The van der Waals surface area contributed by atoms with E-state index < -0.39 is 64.0 Å². The third-order valence-electron chi connectivity index (χ3n) is 7.65. The van der Waals surface area contributed by atoms with Crippen molar-refractivity contribution in [1.82, 2.24) is 14.2 Å². The van der Waals surface area contributed by atoms with Crippen LogP contribution in [0, 0.1) is 11.7 Å². The Morgan fingerprint density at radius 2 is 1.85 bits per heavy atom. The number of sulfonamides is 1. The predicted molar refractivity (Wildman–Crippen MR) is 174 cm³/mol. The number of aromatic nitrogens is 1. The number of nitrogens with zero attached hydrogens (tertiary/aromatic N) is 4. The van der Waals surface area contributed by atoms with E-state index in [1.54, 1.807) is 39.3 Å². The van der Waals surface area contributed by atoms with Crippen molar-refractivity contribution in [3.05, 3.63) is 62.5 Å². The minimum Gasteiger partial charge on any atom is -0.466 e. The zero-order valence-corrected chi connectivity index (χ0v) is 29.4. The van der Waals surface area contributed by atoms with Gasteiger partial charge in [-0.25, -0.2) is 37.3 Å². The van der Waals surface area contributed by atoms with E-state index in [0.29, 0.717) is 36.4 Å². The van der Waals surface area contributed by atoms with Gasteiger partial charge in [0.25, 0.3) is 0 Å². The molecule has 1 amide bonds. The fraction of sp³-hybridized carbons (Fsp3) is 0.516. The number of thiazole rings is 1. The van der Waals surface area contributed by atoms with Crippen LogP contribution < -0.4 is 0 Å². The summed E-state index contributed by atoms with van der Waals surface area (Å²) < 4.78 is 56.8. The highest BCUT2D eigenvalue weighted by atomic mass is 35.5. The van der Waals surface area contributed by atoms with Crippen LogP contribution in [0.3, 0.4) is 0 Å². The second-order valence-corrected chi connectivity index (χ2v) is 15.3. The number of amides is 1. The number of allylic oxidation sites excluding steroid dienone is 1. The Morgan fingerprint density at radius 3 is 2.38 bits per heavy atom. The van der Waals surface area contributed by atoms with Gasteiger partial charge in [-0.2, -0.15) is 4.31 Å². The number of rotatable bonds is 9. The Balaban J connectivity index is 1.86. The lowest BCUT2D eigenvalue weighted by atomic mass is 9.80. The standard InChI is InChI=1S/C31H38ClFN4O8S2/c1-7-44-23(38)17-36(47(6,41)42)20-11-8-18(9-12-20)25-24(29(39)43-5)26(21-13-10-19(33)16-22(21)32)37(30(40)45-31(2,3)4)27(35-25)28-34-14-15-46-28/h10,13-16,18,20,26H,7-9,11-12,17H2,1-6H3. The van der Waals surface area contributed by atoms with Crippen molar-refractivity contribution in [2.24, 2.45) is 10.9 Å². The lowest BCUT2D eigenvalue weighted by Gasteiger charge is -2.40. The molecule has 1 fully saturated rings. The van der Waals surface area contributed by atoms with E-state index in [9.17, 15) is 27.2 Å². The minimum atomic E-state index is -3.76. The average Bonchev–Trinajstić information content (AvgIpc) is 3.52. The van der Waals surface area contributed by atoms with E-state index in [1.165, 1.54) is 35.5 Å². The molecule has 0 bridgehead atoms. The Hall–Kier alpha value is -3.40. The molecule has 2 aromatic rings. The van der Waals surface area contributed by atoms with Crippen molar-refractivity contribution in [2.75, 3.05) is 26.5 Å². The Labute approximate surface area is 282 Å². The normalized spacial score (nSPS) is 20.6. The first kappa shape index (κ1) is 36.4. The molecule has 2 aliphatic rings. The topological polar surface area (TPSA) is 145 Å². The summed E-state index contributed by atoms with van der Waals surface area (Å²) in [6.45, 7) is 6.42. The third kappa shape index (κ3) is 8.55. The average molecular weight is 713 g/mol. The molecule has 4 rings (SSSR count). The molecule has 1 saturated carbocycles. The summed E-state index contributed by atoms with van der Waals surface area (Å²) >= 11 is 7.81. The first-order valence-corrected chi connectivity index (χ1v) is 18.1. The number of amidine groups is 1. The molecule has 1 aliphatic carbocycles. The number of carbonyl (C=O) groups excluding carboxylic acids is 3. The van der Waals surface area contributed by atoms with Gasteiger partial charge in [0.1, 0.15) is 24.0 Å². The van der Waals surface area contributed by atoms with Crippen molar-refractivity contribution in [3.8, 4) is 0 Å². The molecule has 1 atom stereocenters. The summed E-state index contributed by atoms with van der Waals surface area (Å²) in [5, 5.41) is 2.02. The quantitative estimate of drug-likeness (QED) is 0.244. The molecular weight excluding hydrogens is 675 g/mol. The van der Waals surface area contributed by atoms with Crippen molar-refractivity contribution in [1.29, 1.82) is 0 Å². The minimum absolute atomic E-state index is 0.00196. The summed E-state index contributed by atoms with van der Waals surface area (Å²) in [4.78, 5) is 50.4. The number of ether oxygens (including phenoxy) is 3. The lowest BCUT2D eigenvalue weighted by Crippen LogP contribution is -2.48. The summed E-state index contributed by atoms with van der Waals surface area (Å²) in [6, 6.07) is 1.90. The van der Waals surface area contributed by atoms with Gasteiger partial charge in [0.05, 0.1) is 31.2 Å². The van der Waals surface area contributed by atoms with Gasteiger partial charge in [0.15, 0.2) is 10.8 Å². The SMILES string of the molecule is CCOC(=O)CN(C1CCC(C2=C(C(=O)OC)C(c3ccc(F)cc3Cl)N(C(=O)OC(C)(C)C)C(c3nccs3)=N2)CC1)S(C)(=O)=O. The van der Waals surface area contributed by atoms with Crippen LogP contribution in [0.15, 0.2) is 46.0 Å². The maximum Gasteiger partial charge on any atom is 0.416 e. The number of hydrogen-bond donors (Lipinski definition) is 0. The third-order valence-corrected chi connectivity index (χ3v) is 10.0. The van der Waals surface area contributed by atoms with Crippen molar-refractivity contribution in [3.63, 3.8) is 0 Å². The highest BCUT2D eigenvalue weighted by Gasteiger charge is 2.46. The molecule has 0 N–H and O–H groups in total. The lowest BCUT2D eigenvalue weighted by molar-refractivity contribution is -0.143. The van der Waals surface area contributed by atoms with Gasteiger partial charge in [-0.15, -0.1) is 11.3 Å². The summed E-state index contributed by atoms with van der Waals surface area (Å²) in [5.74, 6) is -2.36. The highest BCUT2D eigenvalue weighted by molar-refractivity contribution is 7.88. The van der Waals surface area contributed by atoms with Crippen LogP contribution >= 0.6 is 22.9 Å². The monoisotopic (exact) mass is 712 g/mol. The fourth-order valence-electron chi connectivity index (χ4n) is 5.75. The van der Waals surface area contributed by atoms with Gasteiger partial charge in [0, 0.05) is 28.6 Å². The van der Waals surface area contributed by atoms with Gasteiger partial charge >= 0.3 is 18.0 Å². The summed E-state index contributed by atoms with van der Waals surface area (Å²) in [5.41, 5.74) is -0.401. The van der Waals surface area contributed by atoms with E-state index in [1.807, 2.05) is 0 Å². The predicted octanol–water partition coefficient (Wildman–Crippen LogP) is 5.48. The fourth-order valence-corrected chi connectivity index (χ4v) is 7.74. The van der Waals surface area contributed by atoms with Gasteiger partial charge in [-0.05, 0) is 71.1 Å². The maximum atomic E-state index is 14.3. The van der Waals surface area contributed by atoms with Crippen LogP contribution in [0.4, 0.5) is 9.18 Å². The van der Waals surface area contributed by atoms with Crippen LogP contribution in [0.25, 0.3) is 0 Å². The van der Waals surface area contributed by atoms with Gasteiger partial charge < -0.3 is 14.2 Å². The number of halogens is 2. The number of carbonyl (C=O) groups is 3. The van der Waals surface area contributed by atoms with Crippen LogP contribution in [-0.2, 0) is 33.8 Å². The van der Waals surface area contributed by atoms with E-state index in [2.05, 4.69) is 4.98 Å². The smallest absolute Gasteiger partial charge is 0.416 e. The molecule has 16 heteroatoms. The first-order valence-electron chi connectivity index (χ1n) is 15.0. The zero-order chi connectivity index (χ0) is 34.7. The van der Waals surface area contributed by atoms with Crippen LogP contribution in [-0.4, -0.2) is 84.6 Å². The summed E-state index contributed by atoms with van der Waals surface area (Å²) in [6.07, 6.45) is 3.18. The molecule has 47 heavy (non-hydrogen) atoms. The van der Waals surface area contributed by atoms with Crippen molar-refractivity contribution in [2.45, 2.75) is 71.1 Å². The van der Waals surface area contributed by atoms with E-state index in [0.717, 1.165) is 16.6 Å². The number of esters is 2. The van der Waals surface area contributed by atoms with Crippen molar-refractivity contribution >= 4 is 56.8 Å². The molecule has 256 valence electrons.